The van der Waals surface area contributed by atoms with Crippen molar-refractivity contribution in [2.24, 2.45) is 0 Å². The van der Waals surface area contributed by atoms with E-state index in [4.69, 9.17) is 5.84 Å². The van der Waals surface area contributed by atoms with Crippen LogP contribution in [0.2, 0.25) is 0 Å². The van der Waals surface area contributed by atoms with E-state index in [9.17, 15) is 4.79 Å². The summed E-state index contributed by atoms with van der Waals surface area (Å²) in [5.41, 5.74) is 3.18. The number of aromatic nitrogens is 4. The molecule has 0 aliphatic heterocycles. The molecule has 9 heteroatoms. The molecule has 3 aromatic rings. The summed E-state index contributed by atoms with van der Waals surface area (Å²) in [7, 11) is 0. The smallest absolute Gasteiger partial charge is 0.236 e. The normalized spacial score (nSPS) is 10.8. The zero-order valence-electron chi connectivity index (χ0n) is 13.9. The Hall–Kier alpha value is -2.39. The molecule has 0 aliphatic carbocycles. The van der Waals surface area contributed by atoms with E-state index < -0.39 is 0 Å². The number of hydrogen-bond acceptors (Lipinski definition) is 7. The third-order valence-corrected chi connectivity index (χ3v) is 5.28. The maximum Gasteiger partial charge on any atom is 0.236 e. The van der Waals surface area contributed by atoms with E-state index in [1.165, 1.54) is 33.3 Å². The van der Waals surface area contributed by atoms with Gasteiger partial charge in [-0.25, -0.2) is 9.66 Å². The average molecular weight is 374 g/mol. The molecular weight excluding hydrogens is 356 g/mol. The quantitative estimate of drug-likeness (QED) is 0.508. The molecule has 0 radical (unpaired) electrons. The van der Waals surface area contributed by atoms with Crippen molar-refractivity contribution in [2.45, 2.75) is 25.4 Å². The van der Waals surface area contributed by atoms with E-state index in [1.54, 1.807) is 6.92 Å². The van der Waals surface area contributed by atoms with Crippen LogP contribution in [0.5, 0.6) is 0 Å². The first-order chi connectivity index (χ1) is 12.1. The molecule has 130 valence electrons. The van der Waals surface area contributed by atoms with Crippen LogP contribution < -0.4 is 11.2 Å². The predicted molar refractivity (Wildman–Crippen MR) is 101 cm³/mol. The minimum absolute atomic E-state index is 0.159. The summed E-state index contributed by atoms with van der Waals surface area (Å²) in [4.78, 5) is 16.5. The Morgan fingerprint density at radius 1 is 1.32 bits per heavy atom. The number of nitrogens with one attached hydrogen (secondary N) is 1. The number of aryl methyl sites for hydroxylation is 2. The van der Waals surface area contributed by atoms with Gasteiger partial charge in [-0.15, -0.1) is 21.5 Å². The van der Waals surface area contributed by atoms with E-state index in [-0.39, 0.29) is 11.7 Å². The van der Waals surface area contributed by atoms with Gasteiger partial charge in [-0.2, -0.15) is 0 Å². The van der Waals surface area contributed by atoms with Gasteiger partial charge in [-0.1, -0.05) is 43.0 Å². The molecule has 0 saturated carbocycles. The van der Waals surface area contributed by atoms with Crippen LogP contribution in [0.25, 0.3) is 11.3 Å². The molecule has 3 rings (SSSR count). The van der Waals surface area contributed by atoms with Crippen LogP contribution in [0, 0.1) is 6.92 Å². The summed E-state index contributed by atoms with van der Waals surface area (Å²) in [5.74, 6) is 6.39. The number of carbonyl (C=O) groups excluding carboxylic acids is 1. The van der Waals surface area contributed by atoms with Gasteiger partial charge in [0.2, 0.25) is 11.1 Å². The predicted octanol–water partition coefficient (Wildman–Crippen LogP) is 2.72. The Kier molecular flexibility index (Phi) is 5.34. The SMILES string of the molecule is CCc1ccc(-c2csc(NC(=O)CSc3nnc(C)n3N)n2)cc1. The van der Waals surface area contributed by atoms with Crippen LogP contribution >= 0.6 is 23.1 Å². The number of nitrogen functional groups attached to an aromatic ring is 1. The monoisotopic (exact) mass is 374 g/mol. The zero-order chi connectivity index (χ0) is 17.8. The van der Waals surface area contributed by atoms with Gasteiger partial charge in [0.05, 0.1) is 11.4 Å². The van der Waals surface area contributed by atoms with Gasteiger partial charge < -0.3 is 11.2 Å². The van der Waals surface area contributed by atoms with Crippen molar-refractivity contribution >= 4 is 34.1 Å². The van der Waals surface area contributed by atoms with Crippen molar-refractivity contribution in [3.05, 3.63) is 41.0 Å². The van der Waals surface area contributed by atoms with Crippen LogP contribution in [-0.4, -0.2) is 31.5 Å². The molecule has 7 nitrogen and oxygen atoms in total. The molecule has 2 aromatic heterocycles. The molecule has 0 unspecified atom stereocenters. The van der Waals surface area contributed by atoms with Crippen molar-refractivity contribution in [2.75, 3.05) is 16.9 Å². The highest BCUT2D eigenvalue weighted by atomic mass is 32.2. The number of thiazole rings is 1. The zero-order valence-corrected chi connectivity index (χ0v) is 15.5. The minimum atomic E-state index is -0.159. The summed E-state index contributed by atoms with van der Waals surface area (Å²) in [5, 5.41) is 13.6. The van der Waals surface area contributed by atoms with Crippen LogP contribution in [0.1, 0.15) is 18.3 Å². The van der Waals surface area contributed by atoms with Crippen LogP contribution in [-0.2, 0) is 11.2 Å². The molecule has 0 fully saturated rings. The second-order valence-corrected chi connectivity index (χ2v) is 7.13. The molecule has 0 aliphatic rings. The molecule has 25 heavy (non-hydrogen) atoms. The van der Waals surface area contributed by atoms with Crippen molar-refractivity contribution in [3.63, 3.8) is 0 Å². The Labute approximate surface area is 153 Å². The van der Waals surface area contributed by atoms with E-state index in [0.717, 1.165) is 17.7 Å². The summed E-state index contributed by atoms with van der Waals surface area (Å²) >= 11 is 2.63. The Morgan fingerprint density at radius 2 is 2.08 bits per heavy atom. The summed E-state index contributed by atoms with van der Waals surface area (Å²) in [6.45, 7) is 3.87. The number of rotatable bonds is 6. The highest BCUT2D eigenvalue weighted by Gasteiger charge is 2.12. The maximum atomic E-state index is 12.1. The first-order valence-corrected chi connectivity index (χ1v) is 9.58. The number of carbonyl (C=O) groups is 1. The third-order valence-electron chi connectivity index (χ3n) is 3.58. The summed E-state index contributed by atoms with van der Waals surface area (Å²) in [6, 6.07) is 8.28. The lowest BCUT2D eigenvalue weighted by molar-refractivity contribution is -0.113. The van der Waals surface area contributed by atoms with E-state index >= 15 is 0 Å². The van der Waals surface area contributed by atoms with E-state index in [1.807, 2.05) is 17.5 Å². The summed E-state index contributed by atoms with van der Waals surface area (Å²) in [6.07, 6.45) is 1.01. The van der Waals surface area contributed by atoms with Gasteiger partial charge in [-0.3, -0.25) is 4.79 Å². The number of anilines is 1. The van der Waals surface area contributed by atoms with Crippen molar-refractivity contribution in [1.82, 2.24) is 19.9 Å². The number of nitrogens with two attached hydrogens (primary N) is 1. The Balaban J connectivity index is 1.58. The molecule has 3 N–H and O–H groups in total. The van der Waals surface area contributed by atoms with E-state index in [2.05, 4.69) is 39.6 Å². The third kappa shape index (κ3) is 4.18. The highest BCUT2D eigenvalue weighted by Crippen LogP contribution is 2.25. The van der Waals surface area contributed by atoms with E-state index in [0.29, 0.717) is 16.1 Å². The number of nitrogens with zero attached hydrogens (tertiary/aromatic N) is 4. The number of amides is 1. The largest absolute Gasteiger partial charge is 0.336 e. The molecule has 2 heterocycles. The van der Waals surface area contributed by atoms with Gasteiger partial charge >= 0.3 is 0 Å². The topological polar surface area (TPSA) is 98.7 Å². The number of benzene rings is 1. The Bertz CT molecular complexity index is 871. The second-order valence-electron chi connectivity index (χ2n) is 5.33. The highest BCUT2D eigenvalue weighted by molar-refractivity contribution is 7.99. The lowest BCUT2D eigenvalue weighted by Gasteiger charge is -2.02. The van der Waals surface area contributed by atoms with Gasteiger partial charge in [0, 0.05) is 10.9 Å². The summed E-state index contributed by atoms with van der Waals surface area (Å²) < 4.78 is 1.36. The van der Waals surface area contributed by atoms with Gasteiger partial charge in [0.15, 0.2) is 5.13 Å². The van der Waals surface area contributed by atoms with Crippen LogP contribution in [0.3, 0.4) is 0 Å². The van der Waals surface area contributed by atoms with Crippen molar-refractivity contribution in [1.29, 1.82) is 0 Å². The van der Waals surface area contributed by atoms with Crippen LogP contribution in [0.4, 0.5) is 5.13 Å². The standard InChI is InChI=1S/C16H18N6OS2/c1-3-11-4-6-12(7-5-11)13-8-24-15(18-13)19-14(23)9-25-16-21-20-10(2)22(16)17/h4-8H,3,9,17H2,1-2H3,(H,18,19,23). The molecule has 0 saturated heterocycles. The minimum Gasteiger partial charge on any atom is -0.336 e. The number of hydrogen-bond donors (Lipinski definition) is 2. The van der Waals surface area contributed by atoms with Crippen molar-refractivity contribution < 1.29 is 4.79 Å². The first-order valence-electron chi connectivity index (χ1n) is 7.71. The molecule has 0 spiro atoms. The fourth-order valence-electron chi connectivity index (χ4n) is 2.11. The first kappa shape index (κ1) is 17.4. The lowest BCUT2D eigenvalue weighted by Crippen LogP contribution is -2.16. The fourth-order valence-corrected chi connectivity index (χ4v) is 3.55. The average Bonchev–Trinajstić information content (AvgIpc) is 3.21. The fraction of sp³-hybridized carbons (Fsp3) is 0.250. The molecule has 1 aromatic carbocycles. The molecule has 1 amide bonds. The maximum absolute atomic E-state index is 12.1. The Morgan fingerprint density at radius 3 is 2.72 bits per heavy atom. The number of thioether (sulfide) groups is 1. The molecule has 0 bridgehead atoms. The molecule has 0 atom stereocenters. The van der Waals surface area contributed by atoms with Crippen LogP contribution in [0.15, 0.2) is 34.8 Å². The van der Waals surface area contributed by atoms with Gasteiger partial charge in [0.1, 0.15) is 5.82 Å². The second kappa shape index (κ2) is 7.66. The lowest BCUT2D eigenvalue weighted by atomic mass is 10.1. The molecular formula is C16H18N6OS2. The van der Waals surface area contributed by atoms with Gasteiger partial charge in [-0.05, 0) is 18.9 Å². The van der Waals surface area contributed by atoms with Crippen molar-refractivity contribution in [3.8, 4) is 11.3 Å². The van der Waals surface area contributed by atoms with Gasteiger partial charge in [0.25, 0.3) is 0 Å².